The van der Waals surface area contributed by atoms with E-state index in [1.807, 2.05) is 0 Å². The van der Waals surface area contributed by atoms with Gasteiger partial charge in [-0.3, -0.25) is 4.79 Å². The molecule has 0 spiro atoms. The van der Waals surface area contributed by atoms with Crippen molar-refractivity contribution in [1.82, 2.24) is 0 Å². The Labute approximate surface area is 128 Å². The predicted octanol–water partition coefficient (Wildman–Crippen LogP) is 4.00. The van der Waals surface area contributed by atoms with Crippen LogP contribution in [0.3, 0.4) is 0 Å². The third-order valence-corrected chi connectivity index (χ3v) is 4.23. The lowest BCUT2D eigenvalue weighted by Crippen LogP contribution is -2.43. The summed E-state index contributed by atoms with van der Waals surface area (Å²) in [4.78, 5) is 13.8. The van der Waals surface area contributed by atoms with E-state index in [1.165, 1.54) is 11.9 Å². The van der Waals surface area contributed by atoms with E-state index in [0.29, 0.717) is 24.1 Å². The number of carbonyl (C=O) groups is 1. The van der Waals surface area contributed by atoms with Crippen molar-refractivity contribution in [2.75, 3.05) is 11.9 Å². The highest BCUT2D eigenvalue weighted by Gasteiger charge is 2.48. The zero-order valence-electron chi connectivity index (χ0n) is 12.4. The van der Waals surface area contributed by atoms with Crippen LogP contribution in [0.5, 0.6) is 0 Å². The quantitative estimate of drug-likeness (QED) is 0.756. The van der Waals surface area contributed by atoms with E-state index < -0.39 is 23.9 Å². The number of amides is 1. The van der Waals surface area contributed by atoms with E-state index >= 15 is 0 Å². The number of hydrogen-bond donors (Lipinski definition) is 0. The fourth-order valence-corrected chi connectivity index (χ4v) is 3.00. The van der Waals surface area contributed by atoms with E-state index in [-0.39, 0.29) is 12.8 Å². The molecule has 0 saturated heterocycles. The summed E-state index contributed by atoms with van der Waals surface area (Å²) in [5.74, 6) is -0.589. The second kappa shape index (κ2) is 6.43. The van der Waals surface area contributed by atoms with Crippen LogP contribution in [-0.4, -0.2) is 19.1 Å². The molecule has 1 aromatic carbocycles. The Hall–Kier alpha value is -1.96. The van der Waals surface area contributed by atoms with Gasteiger partial charge in [0.25, 0.3) is 0 Å². The van der Waals surface area contributed by atoms with Gasteiger partial charge in [-0.05, 0) is 31.0 Å². The zero-order valence-corrected chi connectivity index (χ0v) is 12.4. The average Bonchev–Trinajstić information content (AvgIpc) is 2.52. The fraction of sp³-hybridized carbons (Fsp3) is 0.471. The molecule has 118 valence electrons. The van der Waals surface area contributed by atoms with Gasteiger partial charge in [0.05, 0.1) is 5.92 Å². The van der Waals surface area contributed by atoms with Crippen LogP contribution in [0.25, 0.3) is 0 Å². The van der Waals surface area contributed by atoms with Crippen LogP contribution in [0.2, 0.25) is 0 Å². The van der Waals surface area contributed by atoms with Crippen LogP contribution < -0.4 is 4.90 Å². The minimum absolute atomic E-state index is 0.0259. The average molecular weight is 309 g/mol. The first-order chi connectivity index (χ1) is 10.3. The van der Waals surface area contributed by atoms with E-state index in [2.05, 4.69) is 5.92 Å². The molecule has 1 aliphatic rings. The van der Waals surface area contributed by atoms with E-state index in [1.54, 1.807) is 24.3 Å². The highest BCUT2D eigenvalue weighted by Crippen LogP contribution is 2.42. The van der Waals surface area contributed by atoms with Crippen molar-refractivity contribution in [3.8, 4) is 12.3 Å². The Morgan fingerprint density at radius 1 is 1.32 bits per heavy atom. The molecule has 0 aromatic heterocycles. The first-order valence-electron chi connectivity index (χ1n) is 7.25. The number of benzene rings is 1. The fourth-order valence-electron chi connectivity index (χ4n) is 3.00. The first kappa shape index (κ1) is 16.4. The van der Waals surface area contributed by atoms with Gasteiger partial charge in [-0.1, -0.05) is 24.8 Å². The highest BCUT2D eigenvalue weighted by atomic mass is 19.4. The van der Waals surface area contributed by atoms with Crippen LogP contribution in [-0.2, 0) is 4.79 Å². The monoisotopic (exact) mass is 309 g/mol. The van der Waals surface area contributed by atoms with Crippen LogP contribution in [0.15, 0.2) is 24.3 Å². The summed E-state index contributed by atoms with van der Waals surface area (Å²) in [5, 5.41) is 0. The summed E-state index contributed by atoms with van der Waals surface area (Å²) in [7, 11) is 1.50. The van der Waals surface area contributed by atoms with Gasteiger partial charge in [0.2, 0.25) is 5.91 Å². The van der Waals surface area contributed by atoms with Gasteiger partial charge >= 0.3 is 6.18 Å². The number of hydrogen-bond acceptors (Lipinski definition) is 1. The summed E-state index contributed by atoms with van der Waals surface area (Å²) in [6.07, 6.45) is 2.46. The molecular formula is C17H18F3NO. The van der Waals surface area contributed by atoms with E-state index in [4.69, 9.17) is 6.42 Å². The number of alkyl halides is 3. The highest BCUT2D eigenvalue weighted by molar-refractivity contribution is 5.95. The minimum atomic E-state index is -4.33. The van der Waals surface area contributed by atoms with Crippen LogP contribution >= 0.6 is 0 Å². The van der Waals surface area contributed by atoms with Gasteiger partial charge in [0.15, 0.2) is 0 Å². The molecule has 1 aliphatic carbocycles. The van der Waals surface area contributed by atoms with Gasteiger partial charge in [-0.25, -0.2) is 0 Å². The Morgan fingerprint density at radius 3 is 2.64 bits per heavy atom. The molecule has 2 unspecified atom stereocenters. The Balaban J connectivity index is 2.23. The van der Waals surface area contributed by atoms with Crippen LogP contribution in [0, 0.1) is 24.2 Å². The standard InChI is InChI=1S/C17H18F3NO/c1-3-12-7-6-8-13(11-12)21(2)16(22)14-9-4-5-10-15(14)17(18,19)20/h1,6-8,11,14-15H,4-5,9-10H2,2H3. The molecule has 5 heteroatoms. The van der Waals surface area contributed by atoms with Gasteiger partial charge in [0, 0.05) is 24.2 Å². The molecule has 0 N–H and O–H groups in total. The van der Waals surface area contributed by atoms with Gasteiger partial charge in [-0.15, -0.1) is 6.42 Å². The Morgan fingerprint density at radius 2 is 2.00 bits per heavy atom. The number of carbonyl (C=O) groups excluding carboxylic acids is 1. The maximum Gasteiger partial charge on any atom is 0.392 e. The van der Waals surface area contributed by atoms with Gasteiger partial charge in [0.1, 0.15) is 0 Å². The van der Waals surface area contributed by atoms with Gasteiger partial charge < -0.3 is 4.90 Å². The Kier molecular flexibility index (Phi) is 4.80. The normalized spacial score (nSPS) is 22.0. The molecule has 0 bridgehead atoms. The summed E-state index contributed by atoms with van der Waals surface area (Å²) >= 11 is 0. The van der Waals surface area contributed by atoms with Crippen molar-refractivity contribution in [3.05, 3.63) is 29.8 Å². The summed E-state index contributed by atoms with van der Waals surface area (Å²) < 4.78 is 39.4. The Bertz CT molecular complexity index is 588. The summed E-state index contributed by atoms with van der Waals surface area (Å²) in [6, 6.07) is 6.70. The molecule has 1 saturated carbocycles. The second-order valence-corrected chi connectivity index (χ2v) is 5.63. The molecule has 2 rings (SSSR count). The number of terminal acetylenes is 1. The smallest absolute Gasteiger partial charge is 0.315 e. The lowest BCUT2D eigenvalue weighted by atomic mass is 9.78. The maximum absolute atomic E-state index is 13.1. The maximum atomic E-state index is 13.1. The summed E-state index contributed by atoms with van der Waals surface area (Å²) in [6.45, 7) is 0. The lowest BCUT2D eigenvalue weighted by molar-refractivity contribution is -0.197. The van der Waals surface area contributed by atoms with Gasteiger partial charge in [-0.2, -0.15) is 13.2 Å². The molecule has 0 radical (unpaired) electrons. The van der Waals surface area contributed by atoms with Crippen LogP contribution in [0.4, 0.5) is 18.9 Å². The van der Waals surface area contributed by atoms with E-state index in [0.717, 1.165) is 0 Å². The third-order valence-electron chi connectivity index (χ3n) is 4.23. The number of anilines is 1. The number of nitrogens with zero attached hydrogens (tertiary/aromatic N) is 1. The van der Waals surface area contributed by atoms with Crippen molar-refractivity contribution in [1.29, 1.82) is 0 Å². The van der Waals surface area contributed by atoms with Crippen molar-refractivity contribution in [3.63, 3.8) is 0 Å². The minimum Gasteiger partial charge on any atom is -0.315 e. The first-order valence-corrected chi connectivity index (χ1v) is 7.25. The largest absolute Gasteiger partial charge is 0.392 e. The predicted molar refractivity (Wildman–Crippen MR) is 79.3 cm³/mol. The third kappa shape index (κ3) is 3.44. The number of rotatable bonds is 2. The molecule has 1 amide bonds. The second-order valence-electron chi connectivity index (χ2n) is 5.63. The molecule has 0 heterocycles. The van der Waals surface area contributed by atoms with Crippen molar-refractivity contribution >= 4 is 11.6 Å². The van der Waals surface area contributed by atoms with E-state index in [9.17, 15) is 18.0 Å². The molecule has 2 atom stereocenters. The summed E-state index contributed by atoms with van der Waals surface area (Å²) in [5.41, 5.74) is 1.11. The number of halogens is 3. The molecule has 1 aromatic rings. The SMILES string of the molecule is C#Cc1cccc(N(C)C(=O)C2CCCCC2C(F)(F)F)c1. The molecule has 22 heavy (non-hydrogen) atoms. The van der Waals surface area contributed by atoms with Crippen molar-refractivity contribution in [2.45, 2.75) is 31.9 Å². The zero-order chi connectivity index (χ0) is 16.3. The molecule has 1 fully saturated rings. The molecular weight excluding hydrogens is 291 g/mol. The lowest BCUT2D eigenvalue weighted by Gasteiger charge is -2.34. The van der Waals surface area contributed by atoms with Crippen molar-refractivity contribution in [2.24, 2.45) is 11.8 Å². The molecule has 2 nitrogen and oxygen atoms in total. The topological polar surface area (TPSA) is 20.3 Å². The van der Waals surface area contributed by atoms with Crippen molar-refractivity contribution < 1.29 is 18.0 Å². The molecule has 0 aliphatic heterocycles. The van der Waals surface area contributed by atoms with Crippen LogP contribution in [0.1, 0.15) is 31.2 Å².